The van der Waals surface area contributed by atoms with Gasteiger partial charge in [-0.3, -0.25) is 4.79 Å². The Labute approximate surface area is 125 Å². The second kappa shape index (κ2) is 7.41. The molecule has 2 rings (SSSR count). The standard InChI is InChI=1S/C16H23FN2O2/c1-12(18)14-10-13(17)6-7-15(14)21-11-16(20)19-8-4-2-3-5-9-19/h6-7,10,12H,2-5,8-9,11,18H2,1H3/t12-/m1/s1. The predicted molar refractivity (Wildman–Crippen MR) is 79.5 cm³/mol. The molecule has 21 heavy (non-hydrogen) atoms. The first kappa shape index (κ1) is 15.8. The highest BCUT2D eigenvalue weighted by Gasteiger charge is 2.17. The Morgan fingerprint density at radius 3 is 2.62 bits per heavy atom. The van der Waals surface area contributed by atoms with Crippen molar-refractivity contribution >= 4 is 5.91 Å². The van der Waals surface area contributed by atoms with E-state index in [1.165, 1.54) is 31.0 Å². The number of halogens is 1. The van der Waals surface area contributed by atoms with Crippen molar-refractivity contribution in [3.8, 4) is 5.75 Å². The third-order valence-corrected chi connectivity index (χ3v) is 3.77. The second-order valence-corrected chi connectivity index (χ2v) is 5.55. The molecule has 5 heteroatoms. The maximum absolute atomic E-state index is 13.3. The molecule has 1 amide bonds. The van der Waals surface area contributed by atoms with Crippen LogP contribution in [0, 0.1) is 5.82 Å². The molecule has 1 saturated heterocycles. The van der Waals surface area contributed by atoms with Gasteiger partial charge in [-0.25, -0.2) is 4.39 Å². The van der Waals surface area contributed by atoms with Gasteiger partial charge in [0.05, 0.1) is 0 Å². The molecule has 1 aliphatic heterocycles. The lowest BCUT2D eigenvalue weighted by atomic mass is 10.1. The van der Waals surface area contributed by atoms with Crippen LogP contribution in [0.5, 0.6) is 5.75 Å². The Balaban J connectivity index is 1.97. The van der Waals surface area contributed by atoms with Crippen molar-refractivity contribution in [3.63, 3.8) is 0 Å². The smallest absolute Gasteiger partial charge is 0.260 e. The number of hydrogen-bond donors (Lipinski definition) is 1. The number of nitrogens with two attached hydrogens (primary N) is 1. The highest BCUT2D eigenvalue weighted by Crippen LogP contribution is 2.24. The average molecular weight is 294 g/mol. The minimum Gasteiger partial charge on any atom is -0.483 e. The Hall–Kier alpha value is -1.62. The summed E-state index contributed by atoms with van der Waals surface area (Å²) >= 11 is 0. The van der Waals surface area contributed by atoms with Gasteiger partial charge in [0, 0.05) is 24.7 Å². The number of ether oxygens (including phenoxy) is 1. The number of rotatable bonds is 4. The van der Waals surface area contributed by atoms with Crippen LogP contribution in [0.4, 0.5) is 4.39 Å². The van der Waals surface area contributed by atoms with Crippen molar-refractivity contribution in [2.75, 3.05) is 19.7 Å². The van der Waals surface area contributed by atoms with Gasteiger partial charge < -0.3 is 15.4 Å². The number of benzene rings is 1. The minimum atomic E-state index is -0.353. The Morgan fingerprint density at radius 1 is 1.33 bits per heavy atom. The Morgan fingerprint density at radius 2 is 2.00 bits per heavy atom. The van der Waals surface area contributed by atoms with Crippen molar-refractivity contribution in [1.29, 1.82) is 0 Å². The summed E-state index contributed by atoms with van der Waals surface area (Å²) in [6.07, 6.45) is 4.45. The molecule has 0 bridgehead atoms. The average Bonchev–Trinajstić information content (AvgIpc) is 2.74. The van der Waals surface area contributed by atoms with Crippen LogP contribution >= 0.6 is 0 Å². The van der Waals surface area contributed by atoms with E-state index >= 15 is 0 Å². The maximum atomic E-state index is 13.3. The lowest BCUT2D eigenvalue weighted by molar-refractivity contribution is -0.133. The lowest BCUT2D eigenvalue weighted by Gasteiger charge is -2.21. The van der Waals surface area contributed by atoms with E-state index in [0.29, 0.717) is 11.3 Å². The zero-order valence-electron chi connectivity index (χ0n) is 12.5. The van der Waals surface area contributed by atoms with E-state index in [1.807, 2.05) is 4.90 Å². The number of hydrogen-bond acceptors (Lipinski definition) is 3. The molecule has 0 aliphatic carbocycles. The van der Waals surface area contributed by atoms with Gasteiger partial charge in [-0.15, -0.1) is 0 Å². The van der Waals surface area contributed by atoms with Crippen LogP contribution in [0.2, 0.25) is 0 Å². The van der Waals surface area contributed by atoms with Crippen LogP contribution < -0.4 is 10.5 Å². The fourth-order valence-corrected chi connectivity index (χ4v) is 2.56. The quantitative estimate of drug-likeness (QED) is 0.928. The highest BCUT2D eigenvalue weighted by atomic mass is 19.1. The third-order valence-electron chi connectivity index (χ3n) is 3.77. The first-order valence-corrected chi connectivity index (χ1v) is 7.53. The third kappa shape index (κ3) is 4.43. The molecule has 1 fully saturated rings. The summed E-state index contributed by atoms with van der Waals surface area (Å²) in [6, 6.07) is 3.86. The van der Waals surface area contributed by atoms with Gasteiger partial charge in [-0.1, -0.05) is 12.8 Å². The summed E-state index contributed by atoms with van der Waals surface area (Å²) in [5.41, 5.74) is 6.39. The molecule has 0 spiro atoms. The molecular formula is C16H23FN2O2. The number of amides is 1. The minimum absolute atomic E-state index is 0.0168. The van der Waals surface area contributed by atoms with Crippen molar-refractivity contribution in [1.82, 2.24) is 4.90 Å². The van der Waals surface area contributed by atoms with Gasteiger partial charge in [-0.05, 0) is 38.0 Å². The van der Waals surface area contributed by atoms with Gasteiger partial charge in [0.1, 0.15) is 11.6 Å². The summed E-state index contributed by atoms with van der Waals surface area (Å²) in [5, 5.41) is 0. The van der Waals surface area contributed by atoms with Crippen molar-refractivity contribution < 1.29 is 13.9 Å². The molecule has 0 aromatic heterocycles. The summed E-state index contributed by atoms with van der Waals surface area (Å²) in [5.74, 6) is 0.111. The van der Waals surface area contributed by atoms with E-state index in [-0.39, 0.29) is 24.4 Å². The SMILES string of the molecule is C[C@@H](N)c1cc(F)ccc1OCC(=O)N1CCCCCC1. The molecule has 1 aliphatic rings. The van der Waals surface area contributed by atoms with Crippen LogP contribution in [-0.4, -0.2) is 30.5 Å². The molecular weight excluding hydrogens is 271 g/mol. The lowest BCUT2D eigenvalue weighted by Crippen LogP contribution is -2.35. The van der Waals surface area contributed by atoms with Crippen molar-refractivity contribution in [3.05, 3.63) is 29.6 Å². The van der Waals surface area contributed by atoms with Crippen LogP contribution in [0.3, 0.4) is 0 Å². The molecule has 116 valence electrons. The van der Waals surface area contributed by atoms with E-state index in [9.17, 15) is 9.18 Å². The van der Waals surface area contributed by atoms with Crippen LogP contribution in [0.15, 0.2) is 18.2 Å². The van der Waals surface area contributed by atoms with Gasteiger partial charge in [-0.2, -0.15) is 0 Å². The highest BCUT2D eigenvalue weighted by molar-refractivity contribution is 5.77. The van der Waals surface area contributed by atoms with E-state index < -0.39 is 0 Å². The zero-order valence-corrected chi connectivity index (χ0v) is 12.5. The largest absolute Gasteiger partial charge is 0.483 e. The van der Waals surface area contributed by atoms with E-state index in [2.05, 4.69) is 0 Å². The number of likely N-dealkylation sites (tertiary alicyclic amines) is 1. The van der Waals surface area contributed by atoms with Gasteiger partial charge in [0.25, 0.3) is 5.91 Å². The van der Waals surface area contributed by atoms with Crippen LogP contribution in [0.25, 0.3) is 0 Å². The van der Waals surface area contributed by atoms with E-state index in [1.54, 1.807) is 6.92 Å². The summed E-state index contributed by atoms with van der Waals surface area (Å²) in [7, 11) is 0. The first-order valence-electron chi connectivity index (χ1n) is 7.53. The summed E-state index contributed by atoms with van der Waals surface area (Å²) in [4.78, 5) is 14.0. The number of nitrogens with zero attached hydrogens (tertiary/aromatic N) is 1. The topological polar surface area (TPSA) is 55.6 Å². The predicted octanol–water partition coefficient (Wildman–Crippen LogP) is 2.63. The molecule has 1 aromatic carbocycles. The maximum Gasteiger partial charge on any atom is 0.260 e. The molecule has 1 aromatic rings. The number of carbonyl (C=O) groups excluding carboxylic acids is 1. The first-order chi connectivity index (χ1) is 10.1. The molecule has 4 nitrogen and oxygen atoms in total. The summed E-state index contributed by atoms with van der Waals surface area (Å²) in [6.45, 7) is 3.33. The number of carbonyl (C=O) groups is 1. The monoisotopic (exact) mass is 294 g/mol. The van der Waals surface area contributed by atoms with E-state index in [4.69, 9.17) is 10.5 Å². The molecule has 0 saturated carbocycles. The Bertz CT molecular complexity index is 483. The fourth-order valence-electron chi connectivity index (χ4n) is 2.56. The van der Waals surface area contributed by atoms with E-state index in [0.717, 1.165) is 25.9 Å². The normalized spacial score (nSPS) is 17.2. The zero-order chi connectivity index (χ0) is 15.2. The fraction of sp³-hybridized carbons (Fsp3) is 0.562. The van der Waals surface area contributed by atoms with Gasteiger partial charge in [0.2, 0.25) is 0 Å². The van der Waals surface area contributed by atoms with Gasteiger partial charge >= 0.3 is 0 Å². The Kier molecular flexibility index (Phi) is 5.56. The molecule has 1 atom stereocenters. The molecule has 1 heterocycles. The molecule has 2 N–H and O–H groups in total. The molecule has 0 radical (unpaired) electrons. The molecule has 0 unspecified atom stereocenters. The van der Waals surface area contributed by atoms with Crippen molar-refractivity contribution in [2.45, 2.75) is 38.6 Å². The van der Waals surface area contributed by atoms with Gasteiger partial charge in [0.15, 0.2) is 6.61 Å². The second-order valence-electron chi connectivity index (χ2n) is 5.55. The van der Waals surface area contributed by atoms with Crippen molar-refractivity contribution in [2.24, 2.45) is 5.73 Å². The van der Waals surface area contributed by atoms with Crippen LogP contribution in [0.1, 0.15) is 44.2 Å². The van der Waals surface area contributed by atoms with Crippen LogP contribution in [-0.2, 0) is 4.79 Å². The summed E-state index contributed by atoms with van der Waals surface area (Å²) < 4.78 is 18.8.